The second kappa shape index (κ2) is 6.80. The number of hydrogen-bond acceptors (Lipinski definition) is 4. The summed E-state index contributed by atoms with van der Waals surface area (Å²) in [7, 11) is 1.89. The van der Waals surface area contributed by atoms with E-state index in [0.29, 0.717) is 11.6 Å². The number of aromatic nitrogens is 3. The lowest BCUT2D eigenvalue weighted by Gasteiger charge is -2.14. The number of nitrogens with zero attached hydrogens (tertiary/aromatic N) is 3. The summed E-state index contributed by atoms with van der Waals surface area (Å²) in [6.45, 7) is 5.84. The maximum absolute atomic E-state index is 12.2. The van der Waals surface area contributed by atoms with Crippen LogP contribution in [0.1, 0.15) is 29.9 Å². The van der Waals surface area contributed by atoms with Gasteiger partial charge in [-0.2, -0.15) is 5.10 Å². The molecular formula is C18H21N5O2. The number of hydrogen-bond donors (Lipinski definition) is 2. The maximum Gasteiger partial charge on any atom is 0.320 e. The molecule has 0 bridgehead atoms. The normalized spacial score (nSPS) is 12.0. The highest BCUT2D eigenvalue weighted by atomic mass is 16.5. The van der Waals surface area contributed by atoms with Gasteiger partial charge in [0.2, 0.25) is 0 Å². The van der Waals surface area contributed by atoms with Gasteiger partial charge in [-0.25, -0.2) is 4.79 Å². The molecule has 0 radical (unpaired) electrons. The largest absolute Gasteiger partial charge is 0.354 e. The number of rotatable bonds is 4. The molecule has 0 aliphatic heterocycles. The van der Waals surface area contributed by atoms with Gasteiger partial charge in [0.25, 0.3) is 0 Å². The van der Waals surface area contributed by atoms with Crippen molar-refractivity contribution in [1.29, 1.82) is 0 Å². The molecule has 130 valence electrons. The van der Waals surface area contributed by atoms with Gasteiger partial charge in [0.15, 0.2) is 11.6 Å². The summed E-state index contributed by atoms with van der Waals surface area (Å²) in [6, 6.07) is 10.8. The molecule has 7 heteroatoms. The molecule has 1 aromatic carbocycles. The molecule has 2 aromatic heterocycles. The van der Waals surface area contributed by atoms with Crippen LogP contribution in [0.15, 0.2) is 40.9 Å². The molecule has 3 aromatic rings. The molecule has 0 aliphatic rings. The molecule has 3 rings (SSSR count). The lowest BCUT2D eigenvalue weighted by atomic mass is 10.1. The molecule has 0 fully saturated rings. The van der Waals surface area contributed by atoms with Crippen molar-refractivity contribution in [2.75, 3.05) is 5.32 Å². The van der Waals surface area contributed by atoms with Gasteiger partial charge in [-0.1, -0.05) is 35.5 Å². The fraction of sp³-hybridized carbons (Fsp3) is 0.278. The molecule has 0 aliphatic carbocycles. The molecule has 0 saturated heterocycles. The summed E-state index contributed by atoms with van der Waals surface area (Å²) in [5.74, 6) is 0.964. The quantitative estimate of drug-likeness (QED) is 0.761. The van der Waals surface area contributed by atoms with Crippen molar-refractivity contribution in [3.8, 4) is 11.3 Å². The lowest BCUT2D eigenvalue weighted by molar-refractivity contribution is 0.249. The zero-order chi connectivity index (χ0) is 18.0. The van der Waals surface area contributed by atoms with E-state index in [1.165, 1.54) is 0 Å². The predicted octanol–water partition coefficient (Wildman–Crippen LogP) is 3.57. The first-order chi connectivity index (χ1) is 12.0. The van der Waals surface area contributed by atoms with Gasteiger partial charge >= 0.3 is 6.03 Å². The predicted molar refractivity (Wildman–Crippen MR) is 95.2 cm³/mol. The standard InChI is InChI=1S/C18H21N5O2/c1-11(17-12(2)21-23(4)13(17)3)19-18(24)20-16-10-15(25-22-16)14-8-6-5-7-9-14/h5-11H,1-4H3,(H2,19,20,22,24)/t11-/m1/s1. The Labute approximate surface area is 146 Å². The highest BCUT2D eigenvalue weighted by Crippen LogP contribution is 2.23. The van der Waals surface area contributed by atoms with Gasteiger partial charge in [-0.15, -0.1) is 0 Å². The molecule has 0 spiro atoms. The summed E-state index contributed by atoms with van der Waals surface area (Å²) in [5, 5.41) is 13.9. The monoisotopic (exact) mass is 339 g/mol. The van der Waals surface area contributed by atoms with Gasteiger partial charge in [0.05, 0.1) is 11.7 Å². The molecule has 1 atom stereocenters. The number of carbonyl (C=O) groups is 1. The van der Waals surface area contributed by atoms with E-state index in [0.717, 1.165) is 22.5 Å². The SMILES string of the molecule is Cc1nn(C)c(C)c1[C@@H](C)NC(=O)Nc1cc(-c2ccccc2)on1. The topological polar surface area (TPSA) is 85.0 Å². The Balaban J connectivity index is 1.66. The van der Waals surface area contributed by atoms with Crippen LogP contribution < -0.4 is 10.6 Å². The van der Waals surface area contributed by atoms with Crippen molar-refractivity contribution in [3.05, 3.63) is 53.3 Å². The van der Waals surface area contributed by atoms with Gasteiger partial charge in [0.1, 0.15) is 0 Å². The third-order valence-electron chi connectivity index (χ3n) is 4.16. The van der Waals surface area contributed by atoms with E-state index < -0.39 is 0 Å². The van der Waals surface area contributed by atoms with Crippen LogP contribution in [-0.2, 0) is 7.05 Å². The number of amides is 2. The minimum absolute atomic E-state index is 0.172. The number of anilines is 1. The first kappa shape index (κ1) is 16.8. The van der Waals surface area contributed by atoms with Crippen molar-refractivity contribution in [2.24, 2.45) is 7.05 Å². The van der Waals surface area contributed by atoms with Crippen LogP contribution in [0.2, 0.25) is 0 Å². The molecular weight excluding hydrogens is 318 g/mol. The maximum atomic E-state index is 12.2. The van der Waals surface area contributed by atoms with Crippen molar-refractivity contribution in [2.45, 2.75) is 26.8 Å². The van der Waals surface area contributed by atoms with Crippen LogP contribution in [0.3, 0.4) is 0 Å². The Morgan fingerprint density at radius 1 is 1.24 bits per heavy atom. The molecule has 0 unspecified atom stereocenters. The van der Waals surface area contributed by atoms with Crippen LogP contribution >= 0.6 is 0 Å². The number of nitrogens with one attached hydrogen (secondary N) is 2. The minimum Gasteiger partial charge on any atom is -0.354 e. The van der Waals surface area contributed by atoms with E-state index in [2.05, 4.69) is 20.9 Å². The van der Waals surface area contributed by atoms with E-state index in [-0.39, 0.29) is 12.1 Å². The third-order valence-corrected chi connectivity index (χ3v) is 4.16. The van der Waals surface area contributed by atoms with Gasteiger partial charge < -0.3 is 9.84 Å². The fourth-order valence-electron chi connectivity index (χ4n) is 2.91. The Morgan fingerprint density at radius 3 is 2.60 bits per heavy atom. The van der Waals surface area contributed by atoms with Crippen LogP contribution in [0.4, 0.5) is 10.6 Å². The number of urea groups is 1. The van der Waals surface area contributed by atoms with Gasteiger partial charge in [-0.05, 0) is 20.8 Å². The first-order valence-corrected chi connectivity index (χ1v) is 8.05. The number of carbonyl (C=O) groups excluding carboxylic acids is 1. The summed E-state index contributed by atoms with van der Waals surface area (Å²) >= 11 is 0. The Bertz CT molecular complexity index is 882. The van der Waals surface area contributed by atoms with Gasteiger partial charge in [0, 0.05) is 29.9 Å². The Morgan fingerprint density at radius 2 is 1.96 bits per heavy atom. The Kier molecular flexibility index (Phi) is 4.56. The zero-order valence-electron chi connectivity index (χ0n) is 14.7. The summed E-state index contributed by atoms with van der Waals surface area (Å²) in [6.07, 6.45) is 0. The Hall–Kier alpha value is -3.09. The molecule has 2 amide bonds. The van der Waals surface area contributed by atoms with Crippen molar-refractivity contribution >= 4 is 11.8 Å². The van der Waals surface area contributed by atoms with E-state index in [4.69, 9.17) is 4.52 Å². The second-order valence-corrected chi connectivity index (χ2v) is 5.97. The van der Waals surface area contributed by atoms with Crippen LogP contribution in [0, 0.1) is 13.8 Å². The van der Waals surface area contributed by atoms with Crippen LogP contribution in [0.5, 0.6) is 0 Å². The molecule has 2 heterocycles. The summed E-state index contributed by atoms with van der Waals surface area (Å²) in [5.41, 5.74) is 3.85. The minimum atomic E-state index is -0.344. The summed E-state index contributed by atoms with van der Waals surface area (Å²) in [4.78, 5) is 12.2. The van der Waals surface area contributed by atoms with E-state index in [1.807, 2.05) is 62.8 Å². The highest BCUT2D eigenvalue weighted by molar-refractivity contribution is 5.89. The van der Waals surface area contributed by atoms with Crippen molar-refractivity contribution in [1.82, 2.24) is 20.3 Å². The average Bonchev–Trinajstić information content (AvgIpc) is 3.13. The molecule has 7 nitrogen and oxygen atoms in total. The molecule has 2 N–H and O–H groups in total. The second-order valence-electron chi connectivity index (χ2n) is 5.97. The molecule has 25 heavy (non-hydrogen) atoms. The average molecular weight is 339 g/mol. The van der Waals surface area contributed by atoms with Crippen LogP contribution in [-0.4, -0.2) is 21.0 Å². The number of benzene rings is 1. The van der Waals surface area contributed by atoms with Gasteiger partial charge in [-0.3, -0.25) is 10.00 Å². The third kappa shape index (κ3) is 3.55. The molecule has 0 saturated carbocycles. The van der Waals surface area contributed by atoms with Crippen LogP contribution in [0.25, 0.3) is 11.3 Å². The van der Waals surface area contributed by atoms with E-state index >= 15 is 0 Å². The summed E-state index contributed by atoms with van der Waals surface area (Å²) < 4.78 is 7.09. The van der Waals surface area contributed by atoms with E-state index in [9.17, 15) is 4.79 Å². The fourth-order valence-corrected chi connectivity index (χ4v) is 2.91. The number of aryl methyl sites for hydroxylation is 2. The zero-order valence-corrected chi connectivity index (χ0v) is 14.7. The highest BCUT2D eigenvalue weighted by Gasteiger charge is 2.18. The smallest absolute Gasteiger partial charge is 0.320 e. The lowest BCUT2D eigenvalue weighted by Crippen LogP contribution is -2.31. The van der Waals surface area contributed by atoms with Crippen molar-refractivity contribution in [3.63, 3.8) is 0 Å². The van der Waals surface area contributed by atoms with E-state index in [1.54, 1.807) is 6.07 Å². The van der Waals surface area contributed by atoms with Crippen molar-refractivity contribution < 1.29 is 9.32 Å². The first-order valence-electron chi connectivity index (χ1n) is 8.05.